The standard InChI is InChI=1S/C13H14ClN3O3S/c14-11-7-10(5-4-9(11)8-15)21(19,20)17-6-2-1-3-12(17)13(16)18/h4-5,7,12H,1-3,6H2,(H2,16,18). The Morgan fingerprint density at radius 1 is 1.43 bits per heavy atom. The molecule has 0 saturated carbocycles. The van der Waals surface area contributed by atoms with Crippen LogP contribution >= 0.6 is 11.6 Å². The minimum Gasteiger partial charge on any atom is -0.368 e. The Morgan fingerprint density at radius 2 is 2.14 bits per heavy atom. The fourth-order valence-electron chi connectivity index (χ4n) is 2.36. The van der Waals surface area contributed by atoms with Gasteiger partial charge in [-0.1, -0.05) is 18.0 Å². The van der Waals surface area contributed by atoms with Crippen molar-refractivity contribution in [2.45, 2.75) is 30.2 Å². The maximum Gasteiger partial charge on any atom is 0.243 e. The fourth-order valence-corrected chi connectivity index (χ4v) is 4.34. The van der Waals surface area contributed by atoms with Gasteiger partial charge in [0.1, 0.15) is 12.1 Å². The second kappa shape index (κ2) is 6.02. The predicted octanol–water partition coefficient (Wildman–Crippen LogP) is 1.24. The van der Waals surface area contributed by atoms with Crippen LogP contribution in [0.2, 0.25) is 5.02 Å². The zero-order valence-electron chi connectivity index (χ0n) is 11.1. The largest absolute Gasteiger partial charge is 0.368 e. The van der Waals surface area contributed by atoms with Crippen molar-refractivity contribution in [2.24, 2.45) is 5.73 Å². The fraction of sp³-hybridized carbons (Fsp3) is 0.385. The molecule has 112 valence electrons. The molecule has 21 heavy (non-hydrogen) atoms. The molecule has 0 radical (unpaired) electrons. The van der Waals surface area contributed by atoms with E-state index < -0.39 is 22.0 Å². The lowest BCUT2D eigenvalue weighted by atomic mass is 10.0. The van der Waals surface area contributed by atoms with Crippen LogP contribution in [0.1, 0.15) is 24.8 Å². The molecule has 0 spiro atoms. The number of halogens is 1. The first-order valence-corrected chi connectivity index (χ1v) is 8.20. The van der Waals surface area contributed by atoms with Gasteiger partial charge in [-0.15, -0.1) is 0 Å². The lowest BCUT2D eigenvalue weighted by molar-refractivity contribution is -0.122. The van der Waals surface area contributed by atoms with E-state index in [-0.39, 0.29) is 22.0 Å². The Balaban J connectivity index is 2.43. The predicted molar refractivity (Wildman–Crippen MR) is 76.9 cm³/mol. The lowest BCUT2D eigenvalue weighted by Gasteiger charge is -2.32. The quantitative estimate of drug-likeness (QED) is 0.901. The molecular weight excluding hydrogens is 314 g/mol. The maximum absolute atomic E-state index is 12.6. The summed E-state index contributed by atoms with van der Waals surface area (Å²) in [4.78, 5) is 11.4. The van der Waals surface area contributed by atoms with Gasteiger partial charge in [-0.05, 0) is 31.0 Å². The molecule has 1 aromatic carbocycles. The van der Waals surface area contributed by atoms with E-state index in [0.717, 1.165) is 10.7 Å². The first-order chi connectivity index (χ1) is 9.87. The second-order valence-electron chi connectivity index (χ2n) is 4.78. The van der Waals surface area contributed by atoms with Gasteiger partial charge in [0.25, 0.3) is 0 Å². The third kappa shape index (κ3) is 3.02. The zero-order chi connectivity index (χ0) is 15.6. The third-order valence-corrected chi connectivity index (χ3v) is 5.67. The zero-order valence-corrected chi connectivity index (χ0v) is 12.7. The highest BCUT2D eigenvalue weighted by Gasteiger charge is 2.36. The molecule has 1 aliphatic rings. The molecule has 2 rings (SSSR count). The summed E-state index contributed by atoms with van der Waals surface area (Å²) < 4.78 is 26.4. The number of carbonyl (C=O) groups is 1. The average molecular weight is 328 g/mol. The van der Waals surface area contributed by atoms with Gasteiger partial charge in [0.15, 0.2) is 0 Å². The number of nitrogens with zero attached hydrogens (tertiary/aromatic N) is 2. The monoisotopic (exact) mass is 327 g/mol. The first-order valence-electron chi connectivity index (χ1n) is 6.38. The Bertz CT molecular complexity index is 712. The highest BCUT2D eigenvalue weighted by Crippen LogP contribution is 2.27. The number of nitriles is 1. The number of piperidine rings is 1. The van der Waals surface area contributed by atoms with Gasteiger partial charge >= 0.3 is 0 Å². The Labute approximate surface area is 128 Å². The molecule has 6 nitrogen and oxygen atoms in total. The van der Waals surface area contributed by atoms with Crippen LogP contribution in [0.4, 0.5) is 0 Å². The highest BCUT2D eigenvalue weighted by atomic mass is 35.5. The Morgan fingerprint density at radius 3 is 2.71 bits per heavy atom. The maximum atomic E-state index is 12.6. The van der Waals surface area contributed by atoms with Gasteiger partial charge < -0.3 is 5.73 Å². The van der Waals surface area contributed by atoms with Gasteiger partial charge in [0, 0.05) is 6.54 Å². The molecule has 1 atom stereocenters. The number of benzene rings is 1. The number of hydrogen-bond donors (Lipinski definition) is 1. The van der Waals surface area contributed by atoms with Crippen LogP contribution in [0.15, 0.2) is 23.1 Å². The van der Waals surface area contributed by atoms with E-state index in [0.29, 0.717) is 12.8 Å². The van der Waals surface area contributed by atoms with Crippen molar-refractivity contribution in [3.63, 3.8) is 0 Å². The van der Waals surface area contributed by atoms with E-state index in [4.69, 9.17) is 22.6 Å². The van der Waals surface area contributed by atoms with Crippen LogP contribution in [0.3, 0.4) is 0 Å². The summed E-state index contributed by atoms with van der Waals surface area (Å²) in [7, 11) is -3.87. The molecule has 1 aromatic rings. The summed E-state index contributed by atoms with van der Waals surface area (Å²) >= 11 is 5.88. The summed E-state index contributed by atoms with van der Waals surface area (Å²) in [5, 5.41) is 8.88. The van der Waals surface area contributed by atoms with Gasteiger partial charge in [-0.3, -0.25) is 4.79 Å². The van der Waals surface area contributed by atoms with Crippen LogP contribution in [-0.4, -0.2) is 31.2 Å². The van der Waals surface area contributed by atoms with Crippen molar-refractivity contribution in [1.29, 1.82) is 5.26 Å². The van der Waals surface area contributed by atoms with E-state index in [1.165, 1.54) is 18.2 Å². The normalized spacial score (nSPS) is 19.9. The number of hydrogen-bond acceptors (Lipinski definition) is 4. The van der Waals surface area contributed by atoms with Gasteiger partial charge in [-0.2, -0.15) is 9.57 Å². The summed E-state index contributed by atoms with van der Waals surface area (Å²) in [5.41, 5.74) is 5.49. The minimum atomic E-state index is -3.87. The highest BCUT2D eigenvalue weighted by molar-refractivity contribution is 7.89. The molecule has 0 aliphatic carbocycles. The molecule has 1 amide bonds. The Kier molecular flexibility index (Phi) is 4.52. The Hall–Kier alpha value is -1.62. The number of carbonyl (C=O) groups excluding carboxylic acids is 1. The van der Waals surface area contributed by atoms with Crippen molar-refractivity contribution < 1.29 is 13.2 Å². The van der Waals surface area contributed by atoms with Crippen LogP contribution in [-0.2, 0) is 14.8 Å². The van der Waals surface area contributed by atoms with Crippen LogP contribution < -0.4 is 5.73 Å². The second-order valence-corrected chi connectivity index (χ2v) is 7.08. The van der Waals surface area contributed by atoms with E-state index in [2.05, 4.69) is 0 Å². The van der Waals surface area contributed by atoms with Crippen molar-refractivity contribution in [3.8, 4) is 6.07 Å². The van der Waals surface area contributed by atoms with E-state index in [1.807, 2.05) is 6.07 Å². The molecular formula is C13H14ClN3O3S. The van der Waals surface area contributed by atoms with Gasteiger partial charge in [0.2, 0.25) is 15.9 Å². The number of nitrogens with two attached hydrogens (primary N) is 1. The third-order valence-electron chi connectivity index (χ3n) is 3.45. The van der Waals surface area contributed by atoms with E-state index in [1.54, 1.807) is 0 Å². The minimum absolute atomic E-state index is 0.0420. The van der Waals surface area contributed by atoms with Gasteiger partial charge in [-0.25, -0.2) is 8.42 Å². The summed E-state index contributed by atoms with van der Waals surface area (Å²) in [6.07, 6.45) is 1.85. The molecule has 2 N–H and O–H groups in total. The molecule has 8 heteroatoms. The molecule has 0 aromatic heterocycles. The number of rotatable bonds is 3. The molecule has 1 fully saturated rings. The number of sulfonamides is 1. The number of primary amides is 1. The lowest BCUT2D eigenvalue weighted by Crippen LogP contribution is -2.50. The van der Waals surface area contributed by atoms with Crippen LogP contribution in [0.5, 0.6) is 0 Å². The smallest absolute Gasteiger partial charge is 0.243 e. The van der Waals surface area contributed by atoms with Crippen molar-refractivity contribution in [2.75, 3.05) is 6.54 Å². The van der Waals surface area contributed by atoms with E-state index >= 15 is 0 Å². The van der Waals surface area contributed by atoms with Gasteiger partial charge in [0.05, 0.1) is 15.5 Å². The molecule has 1 saturated heterocycles. The first kappa shape index (κ1) is 15.8. The van der Waals surface area contributed by atoms with Crippen molar-refractivity contribution >= 4 is 27.5 Å². The summed E-state index contributed by atoms with van der Waals surface area (Å²) in [5.74, 6) is -0.655. The average Bonchev–Trinajstić information content (AvgIpc) is 2.47. The van der Waals surface area contributed by atoms with Crippen molar-refractivity contribution in [1.82, 2.24) is 4.31 Å². The topological polar surface area (TPSA) is 104 Å². The SMILES string of the molecule is N#Cc1ccc(S(=O)(=O)N2CCCCC2C(N)=O)cc1Cl. The van der Waals surface area contributed by atoms with Crippen LogP contribution in [0.25, 0.3) is 0 Å². The molecule has 1 unspecified atom stereocenters. The van der Waals surface area contributed by atoms with E-state index in [9.17, 15) is 13.2 Å². The molecule has 1 aliphatic heterocycles. The molecule has 0 bridgehead atoms. The molecule has 1 heterocycles. The van der Waals surface area contributed by atoms with Crippen LogP contribution in [0, 0.1) is 11.3 Å². The summed E-state index contributed by atoms with van der Waals surface area (Å²) in [6.45, 7) is 0.244. The number of amides is 1. The summed E-state index contributed by atoms with van der Waals surface area (Å²) in [6, 6.07) is 4.91. The van der Waals surface area contributed by atoms with Crippen molar-refractivity contribution in [3.05, 3.63) is 28.8 Å².